The van der Waals surface area contributed by atoms with Gasteiger partial charge in [-0.05, 0) is 44.2 Å². The molecule has 3 heteroatoms. The van der Waals surface area contributed by atoms with Crippen molar-refractivity contribution in [3.8, 4) is 6.07 Å². The van der Waals surface area contributed by atoms with Crippen LogP contribution in [0.2, 0.25) is 0 Å². The number of nitrogens with one attached hydrogen (secondary N) is 1. The monoisotopic (exact) mass is 207 g/mol. The van der Waals surface area contributed by atoms with E-state index in [4.69, 9.17) is 5.26 Å². The van der Waals surface area contributed by atoms with Crippen molar-refractivity contribution in [1.82, 2.24) is 10.2 Å². The topological polar surface area (TPSA) is 39.1 Å². The molecule has 0 atom stereocenters. The summed E-state index contributed by atoms with van der Waals surface area (Å²) < 4.78 is 0. The van der Waals surface area contributed by atoms with Gasteiger partial charge >= 0.3 is 0 Å². The average Bonchev–Trinajstić information content (AvgIpc) is 2.80. The molecule has 0 aromatic carbocycles. The lowest BCUT2D eigenvalue weighted by atomic mass is 10.0. The van der Waals surface area contributed by atoms with Crippen LogP contribution in [0.15, 0.2) is 0 Å². The smallest absolute Gasteiger partial charge is 0.0628 e. The molecule has 0 unspecified atom stereocenters. The Labute approximate surface area is 92.4 Å². The number of hydrogen-bond donors (Lipinski definition) is 1. The van der Waals surface area contributed by atoms with Gasteiger partial charge in [0, 0.05) is 26.1 Å². The summed E-state index contributed by atoms with van der Waals surface area (Å²) in [5, 5.41) is 12.2. The minimum atomic E-state index is 0.361. The van der Waals surface area contributed by atoms with Gasteiger partial charge in [-0.1, -0.05) is 0 Å². The molecule has 1 aliphatic carbocycles. The van der Waals surface area contributed by atoms with E-state index in [1.165, 1.54) is 45.3 Å². The summed E-state index contributed by atoms with van der Waals surface area (Å²) in [5.74, 6) is 0. The van der Waals surface area contributed by atoms with Gasteiger partial charge in [-0.15, -0.1) is 0 Å². The predicted octanol–water partition coefficient (Wildman–Crippen LogP) is 1.37. The zero-order chi connectivity index (χ0) is 10.6. The second-order valence-electron chi connectivity index (χ2n) is 5.06. The van der Waals surface area contributed by atoms with Crippen LogP contribution < -0.4 is 5.32 Å². The predicted molar refractivity (Wildman–Crippen MR) is 60.4 cm³/mol. The Balaban J connectivity index is 1.53. The van der Waals surface area contributed by atoms with Crippen LogP contribution >= 0.6 is 0 Å². The van der Waals surface area contributed by atoms with Crippen molar-refractivity contribution in [1.29, 1.82) is 5.26 Å². The quantitative estimate of drug-likeness (QED) is 0.669. The molecule has 0 aromatic rings. The molecule has 1 aliphatic heterocycles. The summed E-state index contributed by atoms with van der Waals surface area (Å²) in [6, 6.07) is 2.30. The molecule has 0 aromatic heterocycles. The van der Waals surface area contributed by atoms with E-state index < -0.39 is 0 Å². The molecular formula is C12H21N3. The molecule has 0 amide bonds. The second kappa shape index (κ2) is 4.96. The van der Waals surface area contributed by atoms with E-state index in [0.717, 1.165) is 19.5 Å². The van der Waals surface area contributed by atoms with Gasteiger partial charge in [-0.3, -0.25) is 0 Å². The molecule has 1 saturated carbocycles. The fraction of sp³-hybridized carbons (Fsp3) is 0.917. The zero-order valence-corrected chi connectivity index (χ0v) is 9.47. The molecule has 1 N–H and O–H groups in total. The second-order valence-corrected chi connectivity index (χ2v) is 5.06. The molecule has 1 saturated heterocycles. The van der Waals surface area contributed by atoms with Crippen LogP contribution in [0, 0.1) is 16.7 Å². The van der Waals surface area contributed by atoms with Gasteiger partial charge < -0.3 is 10.2 Å². The highest BCUT2D eigenvalue weighted by Crippen LogP contribution is 2.47. The lowest BCUT2D eigenvalue weighted by Gasteiger charge is -2.17. The largest absolute Gasteiger partial charge is 0.315 e. The third-order valence-corrected chi connectivity index (χ3v) is 3.71. The van der Waals surface area contributed by atoms with Crippen molar-refractivity contribution >= 4 is 0 Å². The van der Waals surface area contributed by atoms with Crippen molar-refractivity contribution in [2.45, 2.75) is 32.1 Å². The van der Waals surface area contributed by atoms with E-state index in [2.05, 4.69) is 16.3 Å². The maximum Gasteiger partial charge on any atom is 0.0628 e. The van der Waals surface area contributed by atoms with Crippen LogP contribution in [-0.4, -0.2) is 37.6 Å². The summed E-state index contributed by atoms with van der Waals surface area (Å²) >= 11 is 0. The van der Waals surface area contributed by atoms with Crippen molar-refractivity contribution in [3.63, 3.8) is 0 Å². The van der Waals surface area contributed by atoms with Gasteiger partial charge in [0.1, 0.15) is 0 Å². The molecule has 84 valence electrons. The van der Waals surface area contributed by atoms with Crippen LogP contribution in [-0.2, 0) is 0 Å². The lowest BCUT2D eigenvalue weighted by Crippen LogP contribution is -2.33. The number of rotatable bonds is 6. The van der Waals surface area contributed by atoms with Gasteiger partial charge in [0.05, 0.1) is 6.07 Å². The normalized spacial score (nSPS) is 23.9. The molecule has 0 radical (unpaired) electrons. The molecule has 2 fully saturated rings. The van der Waals surface area contributed by atoms with E-state index in [1.807, 2.05) is 0 Å². The summed E-state index contributed by atoms with van der Waals surface area (Å²) in [7, 11) is 0. The molecule has 2 aliphatic rings. The Morgan fingerprint density at radius 1 is 1.27 bits per heavy atom. The fourth-order valence-electron chi connectivity index (χ4n) is 2.36. The number of likely N-dealkylation sites (tertiary alicyclic amines) is 1. The third-order valence-electron chi connectivity index (χ3n) is 3.71. The summed E-state index contributed by atoms with van der Waals surface area (Å²) in [6.07, 6.45) is 5.98. The molecule has 0 spiro atoms. The van der Waals surface area contributed by atoms with E-state index >= 15 is 0 Å². The summed E-state index contributed by atoms with van der Waals surface area (Å²) in [6.45, 7) is 5.89. The van der Waals surface area contributed by atoms with E-state index in [-0.39, 0.29) is 0 Å². The molecular weight excluding hydrogens is 186 g/mol. The molecule has 1 heterocycles. The Hall–Kier alpha value is -0.590. The Bertz CT molecular complexity index is 234. The molecule has 3 nitrogen and oxygen atoms in total. The van der Waals surface area contributed by atoms with Crippen LogP contribution in [0.5, 0.6) is 0 Å². The first-order valence-corrected chi connectivity index (χ1v) is 6.15. The van der Waals surface area contributed by atoms with Gasteiger partial charge in [0.15, 0.2) is 0 Å². The molecule has 0 bridgehead atoms. The highest BCUT2D eigenvalue weighted by atomic mass is 15.1. The van der Waals surface area contributed by atoms with Crippen molar-refractivity contribution < 1.29 is 0 Å². The fourth-order valence-corrected chi connectivity index (χ4v) is 2.36. The van der Waals surface area contributed by atoms with Crippen molar-refractivity contribution in [2.75, 3.05) is 32.7 Å². The first kappa shape index (κ1) is 10.9. The summed E-state index contributed by atoms with van der Waals surface area (Å²) in [5.41, 5.74) is 0.361. The average molecular weight is 207 g/mol. The van der Waals surface area contributed by atoms with Gasteiger partial charge in [0.2, 0.25) is 0 Å². The molecule has 2 rings (SSSR count). The Morgan fingerprint density at radius 2 is 2.00 bits per heavy atom. The summed E-state index contributed by atoms with van der Waals surface area (Å²) in [4.78, 5) is 2.52. The van der Waals surface area contributed by atoms with Crippen LogP contribution in [0.3, 0.4) is 0 Å². The SMILES string of the molecule is N#CCC1(CNCCN2CCCC2)CC1. The van der Waals surface area contributed by atoms with E-state index in [1.54, 1.807) is 0 Å². The van der Waals surface area contributed by atoms with Crippen LogP contribution in [0.4, 0.5) is 0 Å². The highest BCUT2D eigenvalue weighted by Gasteiger charge is 2.41. The van der Waals surface area contributed by atoms with Gasteiger partial charge in [-0.25, -0.2) is 0 Å². The van der Waals surface area contributed by atoms with Crippen LogP contribution in [0.1, 0.15) is 32.1 Å². The maximum absolute atomic E-state index is 8.69. The van der Waals surface area contributed by atoms with Gasteiger partial charge in [0.25, 0.3) is 0 Å². The van der Waals surface area contributed by atoms with Crippen molar-refractivity contribution in [3.05, 3.63) is 0 Å². The number of nitrogens with zero attached hydrogens (tertiary/aromatic N) is 2. The Kier molecular flexibility index (Phi) is 3.61. The highest BCUT2D eigenvalue weighted by molar-refractivity contribution is 5.00. The maximum atomic E-state index is 8.69. The minimum absolute atomic E-state index is 0.361. The van der Waals surface area contributed by atoms with Gasteiger partial charge in [-0.2, -0.15) is 5.26 Å². The number of hydrogen-bond acceptors (Lipinski definition) is 3. The number of nitriles is 1. The third kappa shape index (κ3) is 3.19. The minimum Gasteiger partial charge on any atom is -0.315 e. The van der Waals surface area contributed by atoms with Crippen molar-refractivity contribution in [2.24, 2.45) is 5.41 Å². The van der Waals surface area contributed by atoms with E-state index in [0.29, 0.717) is 5.41 Å². The Morgan fingerprint density at radius 3 is 2.60 bits per heavy atom. The van der Waals surface area contributed by atoms with Crippen LogP contribution in [0.25, 0.3) is 0 Å². The first-order chi connectivity index (χ1) is 7.35. The zero-order valence-electron chi connectivity index (χ0n) is 9.47. The standard InChI is InChI=1S/C12H21N3/c13-6-5-12(3-4-12)11-14-7-10-15-8-1-2-9-15/h14H,1-5,7-11H2. The molecule has 15 heavy (non-hydrogen) atoms. The van der Waals surface area contributed by atoms with E-state index in [9.17, 15) is 0 Å². The lowest BCUT2D eigenvalue weighted by molar-refractivity contribution is 0.328. The first-order valence-electron chi connectivity index (χ1n) is 6.15.